The normalized spacial score (nSPS) is 38.1. The SMILES string of the molecule is CC1C2CC(C2Nc2ccccc2N)C(C)N1C1CCCCC1. The summed E-state index contributed by atoms with van der Waals surface area (Å²) in [5, 5.41) is 3.78. The van der Waals surface area contributed by atoms with Crippen molar-refractivity contribution in [2.45, 2.75) is 76.5 Å². The van der Waals surface area contributed by atoms with E-state index in [1.807, 2.05) is 12.1 Å². The number of piperidine rings is 2. The van der Waals surface area contributed by atoms with E-state index < -0.39 is 0 Å². The van der Waals surface area contributed by atoms with Crippen LogP contribution in [0.5, 0.6) is 0 Å². The van der Waals surface area contributed by atoms with Crippen molar-refractivity contribution in [2.24, 2.45) is 11.8 Å². The molecule has 3 nitrogen and oxygen atoms in total. The van der Waals surface area contributed by atoms with Crippen LogP contribution in [0, 0.1) is 11.8 Å². The number of hydrogen-bond acceptors (Lipinski definition) is 3. The third-order valence-electron chi connectivity index (χ3n) is 6.93. The second kappa shape index (κ2) is 6.01. The zero-order chi connectivity index (χ0) is 16.0. The highest BCUT2D eigenvalue weighted by Crippen LogP contribution is 2.50. The van der Waals surface area contributed by atoms with Gasteiger partial charge in [0, 0.05) is 24.2 Å². The van der Waals surface area contributed by atoms with E-state index in [0.29, 0.717) is 18.1 Å². The molecular weight excluding hydrogens is 282 g/mol. The zero-order valence-electron chi connectivity index (χ0n) is 14.5. The molecule has 1 aliphatic heterocycles. The van der Waals surface area contributed by atoms with Gasteiger partial charge < -0.3 is 11.1 Å². The maximum atomic E-state index is 6.14. The summed E-state index contributed by atoms with van der Waals surface area (Å²) in [6.07, 6.45) is 8.51. The van der Waals surface area contributed by atoms with Crippen molar-refractivity contribution in [3.8, 4) is 0 Å². The van der Waals surface area contributed by atoms with Gasteiger partial charge in [-0.05, 0) is 57.1 Å². The topological polar surface area (TPSA) is 41.3 Å². The average molecular weight is 313 g/mol. The lowest BCUT2D eigenvalue weighted by Gasteiger charge is -2.63. The third-order valence-corrected chi connectivity index (χ3v) is 6.93. The quantitative estimate of drug-likeness (QED) is 0.825. The van der Waals surface area contributed by atoms with E-state index in [1.165, 1.54) is 38.5 Å². The van der Waals surface area contributed by atoms with E-state index >= 15 is 0 Å². The lowest BCUT2D eigenvalue weighted by atomic mass is 9.59. The molecule has 0 spiro atoms. The highest BCUT2D eigenvalue weighted by molar-refractivity contribution is 5.66. The van der Waals surface area contributed by atoms with Crippen molar-refractivity contribution in [3.63, 3.8) is 0 Å². The molecule has 2 bridgehead atoms. The van der Waals surface area contributed by atoms with Crippen LogP contribution >= 0.6 is 0 Å². The van der Waals surface area contributed by atoms with Crippen LogP contribution in [-0.4, -0.2) is 29.1 Å². The van der Waals surface area contributed by atoms with Crippen LogP contribution in [0.1, 0.15) is 52.4 Å². The van der Waals surface area contributed by atoms with Crippen molar-refractivity contribution < 1.29 is 0 Å². The minimum Gasteiger partial charge on any atom is -0.397 e. The molecule has 4 rings (SSSR count). The summed E-state index contributed by atoms with van der Waals surface area (Å²) in [7, 11) is 0. The van der Waals surface area contributed by atoms with Gasteiger partial charge in [0.2, 0.25) is 0 Å². The molecule has 4 unspecified atom stereocenters. The highest BCUT2D eigenvalue weighted by atomic mass is 15.3. The number of benzene rings is 1. The van der Waals surface area contributed by atoms with Gasteiger partial charge in [0.05, 0.1) is 11.4 Å². The van der Waals surface area contributed by atoms with E-state index in [-0.39, 0.29) is 0 Å². The average Bonchev–Trinajstić information content (AvgIpc) is 2.54. The van der Waals surface area contributed by atoms with Gasteiger partial charge in [-0.3, -0.25) is 4.90 Å². The number of nitrogens with two attached hydrogens (primary N) is 1. The summed E-state index contributed by atoms with van der Waals surface area (Å²) in [6.45, 7) is 4.93. The number of hydrogen-bond donors (Lipinski definition) is 2. The molecule has 126 valence electrons. The van der Waals surface area contributed by atoms with Crippen molar-refractivity contribution in [1.82, 2.24) is 4.90 Å². The van der Waals surface area contributed by atoms with Gasteiger partial charge in [-0.1, -0.05) is 31.4 Å². The van der Waals surface area contributed by atoms with Crippen LogP contribution in [0.3, 0.4) is 0 Å². The fourth-order valence-corrected chi connectivity index (χ4v) is 5.60. The van der Waals surface area contributed by atoms with Gasteiger partial charge in [0.15, 0.2) is 0 Å². The molecule has 0 amide bonds. The molecular formula is C20H31N3. The highest BCUT2D eigenvalue weighted by Gasteiger charge is 2.55. The van der Waals surface area contributed by atoms with Gasteiger partial charge in [0.25, 0.3) is 0 Å². The number of fused-ring (bicyclic) bond motifs is 2. The Morgan fingerprint density at radius 3 is 2.30 bits per heavy atom. The molecule has 2 aliphatic carbocycles. The number of anilines is 2. The standard InChI is InChI=1S/C20H31N3/c1-13-16-12-17(14(2)23(13)15-8-4-3-5-9-15)20(16)22-19-11-7-6-10-18(19)21/h6-7,10-11,13-17,20,22H,3-5,8-9,12,21H2,1-2H3. The number of likely N-dealkylation sites (tertiary alicyclic amines) is 1. The van der Waals surface area contributed by atoms with Gasteiger partial charge in [-0.2, -0.15) is 0 Å². The molecule has 3 heteroatoms. The molecule has 0 radical (unpaired) electrons. The Hall–Kier alpha value is -1.22. The van der Waals surface area contributed by atoms with E-state index in [9.17, 15) is 0 Å². The first-order valence-corrected chi connectivity index (χ1v) is 9.55. The molecule has 23 heavy (non-hydrogen) atoms. The molecule has 4 atom stereocenters. The van der Waals surface area contributed by atoms with Crippen LogP contribution < -0.4 is 11.1 Å². The first-order valence-electron chi connectivity index (χ1n) is 9.55. The van der Waals surface area contributed by atoms with Gasteiger partial charge >= 0.3 is 0 Å². The van der Waals surface area contributed by atoms with Gasteiger partial charge in [-0.15, -0.1) is 0 Å². The van der Waals surface area contributed by atoms with E-state index in [1.54, 1.807) is 0 Å². The summed E-state index contributed by atoms with van der Waals surface area (Å²) in [4.78, 5) is 2.88. The largest absolute Gasteiger partial charge is 0.397 e. The van der Waals surface area contributed by atoms with Gasteiger partial charge in [-0.25, -0.2) is 0 Å². The van der Waals surface area contributed by atoms with Crippen LogP contribution in [0.15, 0.2) is 24.3 Å². The molecule has 0 aromatic heterocycles. The Kier molecular flexibility index (Phi) is 4.00. The summed E-state index contributed by atoms with van der Waals surface area (Å²) >= 11 is 0. The van der Waals surface area contributed by atoms with Crippen LogP contribution in [0.25, 0.3) is 0 Å². The Bertz CT molecular complexity index is 536. The van der Waals surface area contributed by atoms with Crippen molar-refractivity contribution in [1.29, 1.82) is 0 Å². The van der Waals surface area contributed by atoms with Crippen LogP contribution in [0.2, 0.25) is 0 Å². The predicted octanol–water partition coefficient (Wildman–Crippen LogP) is 4.11. The van der Waals surface area contributed by atoms with E-state index in [4.69, 9.17) is 5.73 Å². The first-order chi connectivity index (χ1) is 11.2. The number of para-hydroxylation sites is 2. The van der Waals surface area contributed by atoms with Crippen molar-refractivity contribution in [2.75, 3.05) is 11.1 Å². The molecule has 3 fully saturated rings. The minimum atomic E-state index is 0.601. The van der Waals surface area contributed by atoms with Crippen LogP contribution in [-0.2, 0) is 0 Å². The second-order valence-corrected chi connectivity index (χ2v) is 8.04. The maximum absolute atomic E-state index is 6.14. The molecule has 1 heterocycles. The molecule has 3 N–H and O–H groups in total. The van der Waals surface area contributed by atoms with Crippen molar-refractivity contribution >= 4 is 11.4 Å². The van der Waals surface area contributed by atoms with Crippen LogP contribution in [0.4, 0.5) is 11.4 Å². The molecule has 1 aromatic carbocycles. The number of nitrogens with zero attached hydrogens (tertiary/aromatic N) is 1. The lowest BCUT2D eigenvalue weighted by Crippen LogP contribution is -2.70. The summed E-state index contributed by atoms with van der Waals surface area (Å²) in [5.41, 5.74) is 8.14. The molecule has 1 aromatic rings. The summed E-state index contributed by atoms with van der Waals surface area (Å²) in [6, 6.07) is 11.0. The Morgan fingerprint density at radius 1 is 1.00 bits per heavy atom. The summed E-state index contributed by atoms with van der Waals surface area (Å²) < 4.78 is 0. The number of nitrogen functional groups attached to an aromatic ring is 1. The Balaban J connectivity index is 1.49. The second-order valence-electron chi connectivity index (χ2n) is 8.04. The fraction of sp³-hybridized carbons (Fsp3) is 0.700. The molecule has 1 saturated heterocycles. The Labute approximate surface area is 140 Å². The monoisotopic (exact) mass is 313 g/mol. The smallest absolute Gasteiger partial charge is 0.0576 e. The van der Waals surface area contributed by atoms with Crippen molar-refractivity contribution in [3.05, 3.63) is 24.3 Å². The Morgan fingerprint density at radius 2 is 1.65 bits per heavy atom. The van der Waals surface area contributed by atoms with E-state index in [0.717, 1.165) is 29.3 Å². The number of nitrogens with one attached hydrogen (secondary N) is 1. The van der Waals surface area contributed by atoms with E-state index in [2.05, 4.69) is 36.2 Å². The zero-order valence-corrected chi connectivity index (χ0v) is 14.5. The third kappa shape index (κ3) is 2.53. The maximum Gasteiger partial charge on any atom is 0.0576 e. The number of rotatable bonds is 3. The summed E-state index contributed by atoms with van der Waals surface area (Å²) in [5.74, 6) is 1.55. The lowest BCUT2D eigenvalue weighted by molar-refractivity contribution is -0.104. The predicted molar refractivity (Wildman–Crippen MR) is 97.5 cm³/mol. The molecule has 2 saturated carbocycles. The minimum absolute atomic E-state index is 0.601. The van der Waals surface area contributed by atoms with Gasteiger partial charge in [0.1, 0.15) is 0 Å². The molecule has 3 aliphatic rings. The fourth-order valence-electron chi connectivity index (χ4n) is 5.60. The first kappa shape index (κ1) is 15.3.